The van der Waals surface area contributed by atoms with Crippen LogP contribution in [0, 0.1) is 29.6 Å². The largest absolute Gasteiger partial charge is 0.493 e. The van der Waals surface area contributed by atoms with E-state index in [1.54, 1.807) is 37.5 Å². The number of thiazole rings is 1. The molecular weight excluding hydrogens is 386 g/mol. The van der Waals surface area contributed by atoms with E-state index in [2.05, 4.69) is 0 Å². The van der Waals surface area contributed by atoms with Crippen molar-refractivity contribution in [1.82, 2.24) is 4.57 Å². The molecular formula is C22H17N3O3S. The zero-order valence-electron chi connectivity index (χ0n) is 16.1. The highest BCUT2D eigenvalue weighted by Crippen LogP contribution is 2.27. The van der Waals surface area contributed by atoms with Gasteiger partial charge in [0, 0.05) is 0 Å². The molecule has 1 aromatic heterocycles. The van der Waals surface area contributed by atoms with E-state index in [1.165, 1.54) is 11.7 Å². The zero-order chi connectivity index (χ0) is 21.0. The number of para-hydroxylation sites is 1. The normalized spacial score (nSPS) is 10.9. The van der Waals surface area contributed by atoms with Gasteiger partial charge in [-0.25, -0.2) is 0 Å². The SMILES string of the molecule is COc1ccc(/C=c2\sc(=C(C#N)C#N)n(-c3ccccc3C)c2=O)cc1OC. The first-order chi connectivity index (χ1) is 14.0. The van der Waals surface area contributed by atoms with Gasteiger partial charge in [-0.3, -0.25) is 9.36 Å². The minimum absolute atomic E-state index is 0.109. The van der Waals surface area contributed by atoms with Crippen molar-refractivity contribution in [3.63, 3.8) is 0 Å². The average Bonchev–Trinajstić information content (AvgIpc) is 3.05. The summed E-state index contributed by atoms with van der Waals surface area (Å²) in [4.78, 5) is 13.2. The number of nitrogens with zero attached hydrogens (tertiary/aromatic N) is 3. The molecule has 0 aliphatic carbocycles. The third-order valence-corrected chi connectivity index (χ3v) is 5.42. The van der Waals surface area contributed by atoms with Gasteiger partial charge in [0.25, 0.3) is 5.56 Å². The van der Waals surface area contributed by atoms with E-state index in [1.807, 2.05) is 37.3 Å². The quantitative estimate of drug-likeness (QED) is 0.667. The molecule has 0 bridgehead atoms. The molecule has 0 saturated heterocycles. The Bertz CT molecular complexity index is 1320. The van der Waals surface area contributed by atoms with Crippen molar-refractivity contribution < 1.29 is 9.47 Å². The van der Waals surface area contributed by atoms with E-state index in [4.69, 9.17) is 9.47 Å². The molecule has 6 nitrogen and oxygen atoms in total. The summed E-state index contributed by atoms with van der Waals surface area (Å²) in [6.45, 7) is 1.87. The first kappa shape index (κ1) is 19.9. The smallest absolute Gasteiger partial charge is 0.273 e. The van der Waals surface area contributed by atoms with E-state index in [0.29, 0.717) is 26.4 Å². The number of aromatic nitrogens is 1. The highest BCUT2D eigenvalue weighted by Gasteiger charge is 2.13. The molecule has 29 heavy (non-hydrogen) atoms. The van der Waals surface area contributed by atoms with Gasteiger partial charge < -0.3 is 9.47 Å². The molecule has 0 radical (unpaired) electrons. The lowest BCUT2D eigenvalue weighted by Crippen LogP contribution is -2.31. The number of rotatable bonds is 4. The fraction of sp³-hybridized carbons (Fsp3) is 0.136. The van der Waals surface area contributed by atoms with E-state index in [9.17, 15) is 15.3 Å². The lowest BCUT2D eigenvalue weighted by molar-refractivity contribution is 0.355. The molecule has 1 heterocycles. The Morgan fingerprint density at radius 3 is 2.38 bits per heavy atom. The lowest BCUT2D eigenvalue weighted by Gasteiger charge is -2.07. The van der Waals surface area contributed by atoms with E-state index < -0.39 is 0 Å². The summed E-state index contributed by atoms with van der Waals surface area (Å²) < 4.78 is 12.7. The molecule has 0 amide bonds. The predicted molar refractivity (Wildman–Crippen MR) is 112 cm³/mol. The molecule has 3 rings (SSSR count). The minimum Gasteiger partial charge on any atom is -0.493 e. The number of hydrogen-bond acceptors (Lipinski definition) is 6. The van der Waals surface area contributed by atoms with E-state index >= 15 is 0 Å². The maximum atomic E-state index is 13.2. The van der Waals surface area contributed by atoms with Crippen molar-refractivity contribution in [2.45, 2.75) is 6.92 Å². The highest BCUT2D eigenvalue weighted by atomic mass is 32.1. The molecule has 0 fully saturated rings. The Labute approximate surface area is 171 Å². The maximum absolute atomic E-state index is 13.2. The second-order valence-corrected chi connectivity index (χ2v) is 7.09. The van der Waals surface area contributed by atoms with Gasteiger partial charge in [-0.05, 0) is 42.3 Å². The summed E-state index contributed by atoms with van der Waals surface area (Å²) in [7, 11) is 3.09. The summed E-state index contributed by atoms with van der Waals surface area (Å²) in [5.74, 6) is 1.12. The van der Waals surface area contributed by atoms with Gasteiger partial charge in [0.2, 0.25) is 0 Å². The van der Waals surface area contributed by atoms with E-state index in [-0.39, 0.29) is 11.1 Å². The Morgan fingerprint density at radius 2 is 1.76 bits per heavy atom. The standard InChI is InChI=1S/C22H17N3O3S/c1-14-6-4-5-7-17(14)25-21(26)20(29-22(25)16(12-23)13-24)11-15-8-9-18(27-2)19(10-15)28-3/h4-11H,1-3H3/b20-11-. The predicted octanol–water partition coefficient (Wildman–Crippen LogP) is 2.25. The fourth-order valence-corrected chi connectivity index (χ4v) is 3.95. The maximum Gasteiger partial charge on any atom is 0.273 e. The summed E-state index contributed by atoms with van der Waals surface area (Å²) in [5.41, 5.74) is 1.83. The second-order valence-electron chi connectivity index (χ2n) is 6.06. The van der Waals surface area contributed by atoms with Crippen LogP contribution in [0.25, 0.3) is 17.3 Å². The van der Waals surface area contributed by atoms with Crippen molar-refractivity contribution in [2.75, 3.05) is 14.2 Å². The van der Waals surface area contributed by atoms with Gasteiger partial charge in [0.1, 0.15) is 16.8 Å². The van der Waals surface area contributed by atoms with Crippen molar-refractivity contribution in [3.8, 4) is 29.3 Å². The summed E-state index contributed by atoms with van der Waals surface area (Å²) in [6.07, 6.45) is 1.71. The van der Waals surface area contributed by atoms with Crippen LogP contribution in [0.15, 0.2) is 47.3 Å². The van der Waals surface area contributed by atoms with Gasteiger partial charge in [-0.15, -0.1) is 11.3 Å². The summed E-state index contributed by atoms with van der Waals surface area (Å²) in [5, 5.41) is 18.8. The first-order valence-corrected chi connectivity index (χ1v) is 9.41. The molecule has 0 unspecified atom stereocenters. The van der Waals surface area contributed by atoms with Crippen molar-refractivity contribution >= 4 is 23.0 Å². The molecule has 0 aliphatic rings. The van der Waals surface area contributed by atoms with Gasteiger partial charge in [-0.2, -0.15) is 10.5 Å². The topological polar surface area (TPSA) is 88.0 Å². The van der Waals surface area contributed by atoms with Crippen LogP contribution in [0.2, 0.25) is 0 Å². The Morgan fingerprint density at radius 1 is 1.07 bits per heavy atom. The van der Waals surface area contributed by atoms with Crippen molar-refractivity contribution in [1.29, 1.82) is 10.5 Å². The number of aryl methyl sites for hydroxylation is 1. The van der Waals surface area contributed by atoms with Gasteiger partial charge in [0.05, 0.1) is 24.4 Å². The van der Waals surface area contributed by atoms with Crippen LogP contribution >= 0.6 is 11.3 Å². The van der Waals surface area contributed by atoms with Crippen LogP contribution < -0.4 is 24.2 Å². The second kappa shape index (κ2) is 8.47. The Balaban J connectivity index is 2.36. The third-order valence-electron chi connectivity index (χ3n) is 4.32. The number of ether oxygens (including phenoxy) is 2. The molecule has 0 spiro atoms. The number of hydrogen-bond donors (Lipinski definition) is 0. The monoisotopic (exact) mass is 403 g/mol. The van der Waals surface area contributed by atoms with Crippen LogP contribution in [0.5, 0.6) is 11.5 Å². The first-order valence-electron chi connectivity index (χ1n) is 8.60. The number of methoxy groups -OCH3 is 2. The van der Waals surface area contributed by atoms with Crippen LogP contribution in [0.4, 0.5) is 0 Å². The molecule has 0 aliphatic heterocycles. The fourth-order valence-electron chi connectivity index (χ4n) is 2.90. The number of benzene rings is 2. The summed E-state index contributed by atoms with van der Waals surface area (Å²) >= 11 is 1.11. The zero-order valence-corrected chi connectivity index (χ0v) is 16.9. The van der Waals surface area contributed by atoms with E-state index in [0.717, 1.165) is 22.5 Å². The van der Waals surface area contributed by atoms with Gasteiger partial charge >= 0.3 is 0 Å². The van der Waals surface area contributed by atoms with Gasteiger partial charge in [0.15, 0.2) is 17.1 Å². The third kappa shape index (κ3) is 3.77. The molecule has 0 N–H and O–H groups in total. The molecule has 0 saturated carbocycles. The van der Waals surface area contributed by atoms with Gasteiger partial charge in [-0.1, -0.05) is 24.3 Å². The molecule has 144 valence electrons. The molecule has 7 heteroatoms. The molecule has 2 aromatic carbocycles. The van der Waals surface area contributed by atoms with Crippen LogP contribution in [-0.4, -0.2) is 18.8 Å². The van der Waals surface area contributed by atoms with Crippen LogP contribution in [-0.2, 0) is 0 Å². The van der Waals surface area contributed by atoms with Crippen molar-refractivity contribution in [3.05, 3.63) is 73.1 Å². The highest BCUT2D eigenvalue weighted by molar-refractivity contribution is 7.07. The Hall–Kier alpha value is -3.81. The number of nitriles is 2. The molecule has 3 aromatic rings. The average molecular weight is 403 g/mol. The van der Waals surface area contributed by atoms with Crippen LogP contribution in [0.1, 0.15) is 11.1 Å². The minimum atomic E-state index is -0.294. The Kier molecular flexibility index (Phi) is 5.82. The molecule has 0 atom stereocenters. The lowest BCUT2D eigenvalue weighted by atomic mass is 10.2. The summed E-state index contributed by atoms with van der Waals surface area (Å²) in [6, 6.07) is 16.4. The van der Waals surface area contributed by atoms with Crippen molar-refractivity contribution in [2.24, 2.45) is 0 Å². The van der Waals surface area contributed by atoms with Crippen LogP contribution in [0.3, 0.4) is 0 Å².